The van der Waals surface area contributed by atoms with Gasteiger partial charge in [-0.3, -0.25) is 10.1 Å². The number of imide groups is 1. The van der Waals surface area contributed by atoms with E-state index in [4.69, 9.17) is 0 Å². The summed E-state index contributed by atoms with van der Waals surface area (Å²) in [4.78, 5) is 24.1. The molecule has 0 unspecified atom stereocenters. The predicted octanol–water partition coefficient (Wildman–Crippen LogP) is 4.45. The zero-order valence-electron chi connectivity index (χ0n) is 15.2. The van der Waals surface area contributed by atoms with Crippen molar-refractivity contribution in [3.8, 4) is 0 Å². The van der Waals surface area contributed by atoms with Gasteiger partial charge in [-0.25, -0.2) is 4.79 Å². The quantitative estimate of drug-likeness (QED) is 0.649. The van der Waals surface area contributed by atoms with Crippen LogP contribution in [0, 0.1) is 13.8 Å². The summed E-state index contributed by atoms with van der Waals surface area (Å²) in [6, 6.07) is 13.2. The lowest BCUT2D eigenvalue weighted by molar-refractivity contribution is -0.119. The van der Waals surface area contributed by atoms with Gasteiger partial charge in [-0.15, -0.1) is 0 Å². The van der Waals surface area contributed by atoms with Gasteiger partial charge in [0.05, 0.1) is 6.54 Å². The van der Waals surface area contributed by atoms with E-state index in [1.165, 1.54) is 0 Å². The molecular weight excluding hydrogens is 394 g/mol. The van der Waals surface area contributed by atoms with Crippen LogP contribution in [0.1, 0.15) is 36.1 Å². The Morgan fingerprint density at radius 3 is 2.38 bits per heavy atom. The second kappa shape index (κ2) is 9.50. The van der Waals surface area contributed by atoms with Crippen molar-refractivity contribution in [3.05, 3.63) is 63.6 Å². The van der Waals surface area contributed by atoms with Crippen molar-refractivity contribution in [2.75, 3.05) is 11.9 Å². The van der Waals surface area contributed by atoms with Gasteiger partial charge in [0.1, 0.15) is 0 Å². The Labute approximate surface area is 162 Å². The van der Waals surface area contributed by atoms with Crippen LogP contribution in [-0.2, 0) is 4.79 Å². The third kappa shape index (κ3) is 5.97. The Bertz CT molecular complexity index is 775. The second-order valence-electron chi connectivity index (χ2n) is 6.21. The highest BCUT2D eigenvalue weighted by molar-refractivity contribution is 9.10. The van der Waals surface area contributed by atoms with E-state index in [1.807, 2.05) is 63.2 Å². The molecule has 0 aliphatic heterocycles. The Morgan fingerprint density at radius 2 is 1.77 bits per heavy atom. The van der Waals surface area contributed by atoms with Crippen molar-refractivity contribution in [2.24, 2.45) is 0 Å². The Morgan fingerprint density at radius 1 is 1.08 bits per heavy atom. The second-order valence-corrected chi connectivity index (χ2v) is 7.13. The number of halogens is 1. The summed E-state index contributed by atoms with van der Waals surface area (Å²) in [5, 5.41) is 8.24. The molecule has 0 saturated heterocycles. The number of benzene rings is 2. The summed E-state index contributed by atoms with van der Waals surface area (Å²) >= 11 is 3.41. The third-order valence-electron chi connectivity index (χ3n) is 4.07. The lowest BCUT2D eigenvalue weighted by Gasteiger charge is -2.17. The summed E-state index contributed by atoms with van der Waals surface area (Å²) < 4.78 is 1.01. The average Bonchev–Trinajstić information content (AvgIpc) is 2.59. The van der Waals surface area contributed by atoms with Crippen molar-refractivity contribution in [1.82, 2.24) is 10.6 Å². The molecule has 0 aliphatic carbocycles. The first kappa shape index (κ1) is 20.1. The molecule has 0 fully saturated rings. The minimum atomic E-state index is -0.527. The Kier molecular flexibility index (Phi) is 7.36. The largest absolute Gasteiger partial charge is 0.325 e. The molecule has 2 aromatic carbocycles. The predicted molar refractivity (Wildman–Crippen MR) is 108 cm³/mol. The number of aryl methyl sites for hydroxylation is 2. The first-order valence-corrected chi connectivity index (χ1v) is 9.35. The van der Waals surface area contributed by atoms with Gasteiger partial charge >= 0.3 is 6.03 Å². The standard InChI is InChI=1S/C20H24BrN3O2/c1-4-17(15-6-8-16(21)9-7-15)22-12-19(25)24-20(26)23-18-10-5-13(2)11-14(18)3/h5-11,17,22H,4,12H2,1-3H3,(H2,23,24,25,26)/t17-/m0/s1. The number of carbonyl (C=O) groups is 2. The van der Waals surface area contributed by atoms with E-state index < -0.39 is 6.03 Å². The Hall–Kier alpha value is -2.18. The molecule has 2 rings (SSSR count). The molecule has 26 heavy (non-hydrogen) atoms. The number of rotatable bonds is 6. The minimum Gasteiger partial charge on any atom is -0.307 e. The summed E-state index contributed by atoms with van der Waals surface area (Å²) in [7, 11) is 0. The van der Waals surface area contributed by atoms with Crippen molar-refractivity contribution in [2.45, 2.75) is 33.2 Å². The molecule has 0 bridgehead atoms. The van der Waals surface area contributed by atoms with Crippen molar-refractivity contribution < 1.29 is 9.59 Å². The first-order valence-electron chi connectivity index (χ1n) is 8.56. The molecule has 138 valence electrons. The number of hydrogen-bond acceptors (Lipinski definition) is 3. The summed E-state index contributed by atoms with van der Waals surface area (Å²) in [5.74, 6) is -0.372. The number of amides is 3. The van der Waals surface area contributed by atoms with E-state index in [2.05, 4.69) is 31.9 Å². The van der Waals surface area contributed by atoms with Gasteiger partial charge in [0.25, 0.3) is 0 Å². The van der Waals surface area contributed by atoms with Gasteiger partial charge in [0, 0.05) is 16.2 Å². The average molecular weight is 418 g/mol. The van der Waals surface area contributed by atoms with Crippen LogP contribution in [0.15, 0.2) is 46.9 Å². The third-order valence-corrected chi connectivity index (χ3v) is 4.60. The molecule has 0 radical (unpaired) electrons. The van der Waals surface area contributed by atoms with Gasteiger partial charge in [-0.1, -0.05) is 52.7 Å². The van der Waals surface area contributed by atoms with E-state index in [0.717, 1.165) is 27.6 Å². The molecule has 3 N–H and O–H groups in total. The van der Waals surface area contributed by atoms with Crippen LogP contribution in [-0.4, -0.2) is 18.5 Å². The van der Waals surface area contributed by atoms with Crippen LogP contribution in [0.25, 0.3) is 0 Å². The zero-order chi connectivity index (χ0) is 19.1. The van der Waals surface area contributed by atoms with Crippen LogP contribution >= 0.6 is 15.9 Å². The van der Waals surface area contributed by atoms with Crippen LogP contribution in [0.2, 0.25) is 0 Å². The molecule has 0 saturated carbocycles. The van der Waals surface area contributed by atoms with E-state index in [9.17, 15) is 9.59 Å². The molecule has 1 atom stereocenters. The van der Waals surface area contributed by atoms with Crippen LogP contribution in [0.3, 0.4) is 0 Å². The van der Waals surface area contributed by atoms with Crippen LogP contribution in [0.5, 0.6) is 0 Å². The number of urea groups is 1. The topological polar surface area (TPSA) is 70.2 Å². The van der Waals surface area contributed by atoms with E-state index >= 15 is 0 Å². The van der Waals surface area contributed by atoms with E-state index in [0.29, 0.717) is 5.69 Å². The van der Waals surface area contributed by atoms with Crippen molar-refractivity contribution in [3.63, 3.8) is 0 Å². The maximum Gasteiger partial charge on any atom is 0.325 e. The first-order chi connectivity index (χ1) is 12.4. The summed E-state index contributed by atoms with van der Waals surface area (Å²) in [5.41, 5.74) is 3.86. The van der Waals surface area contributed by atoms with E-state index in [-0.39, 0.29) is 18.5 Å². The maximum atomic E-state index is 12.0. The molecule has 0 aromatic heterocycles. The molecule has 3 amide bonds. The van der Waals surface area contributed by atoms with Crippen molar-refractivity contribution in [1.29, 1.82) is 0 Å². The summed E-state index contributed by atoms with van der Waals surface area (Å²) in [6.45, 7) is 6.01. The monoisotopic (exact) mass is 417 g/mol. The van der Waals surface area contributed by atoms with Gasteiger partial charge in [-0.05, 0) is 49.6 Å². The zero-order valence-corrected chi connectivity index (χ0v) is 16.8. The molecule has 0 aliphatic rings. The molecule has 2 aromatic rings. The molecular formula is C20H24BrN3O2. The van der Waals surface area contributed by atoms with Crippen LogP contribution < -0.4 is 16.0 Å². The number of anilines is 1. The SMILES string of the molecule is CC[C@H](NCC(=O)NC(=O)Nc1ccc(C)cc1C)c1ccc(Br)cc1. The Balaban J connectivity index is 1.85. The lowest BCUT2D eigenvalue weighted by atomic mass is 10.0. The fourth-order valence-electron chi connectivity index (χ4n) is 2.69. The van der Waals surface area contributed by atoms with Gasteiger partial charge in [0.15, 0.2) is 0 Å². The fourth-order valence-corrected chi connectivity index (χ4v) is 2.95. The minimum absolute atomic E-state index is 0.0521. The van der Waals surface area contributed by atoms with Gasteiger partial charge < -0.3 is 10.6 Å². The lowest BCUT2D eigenvalue weighted by Crippen LogP contribution is -2.41. The smallest absolute Gasteiger partial charge is 0.307 e. The number of nitrogens with one attached hydrogen (secondary N) is 3. The van der Waals surface area contributed by atoms with Gasteiger partial charge in [-0.2, -0.15) is 0 Å². The number of carbonyl (C=O) groups excluding carboxylic acids is 2. The van der Waals surface area contributed by atoms with Crippen molar-refractivity contribution >= 4 is 33.6 Å². The van der Waals surface area contributed by atoms with Crippen LogP contribution in [0.4, 0.5) is 10.5 Å². The van der Waals surface area contributed by atoms with E-state index in [1.54, 1.807) is 0 Å². The highest BCUT2D eigenvalue weighted by Crippen LogP contribution is 2.19. The molecule has 0 spiro atoms. The molecule has 5 nitrogen and oxygen atoms in total. The molecule has 6 heteroatoms. The normalized spacial score (nSPS) is 11.7. The van der Waals surface area contributed by atoms with Gasteiger partial charge in [0.2, 0.25) is 5.91 Å². The number of hydrogen-bond donors (Lipinski definition) is 3. The summed E-state index contributed by atoms with van der Waals surface area (Å²) in [6.07, 6.45) is 0.837. The maximum absolute atomic E-state index is 12.0. The fraction of sp³-hybridized carbons (Fsp3) is 0.300. The highest BCUT2D eigenvalue weighted by Gasteiger charge is 2.13. The highest BCUT2D eigenvalue weighted by atomic mass is 79.9. The molecule has 0 heterocycles.